The zero-order chi connectivity index (χ0) is 9.42. The van der Waals surface area contributed by atoms with Crippen LogP contribution < -0.4 is 11.5 Å². The molecule has 5 heteroatoms. The second-order valence-corrected chi connectivity index (χ2v) is 3.39. The maximum absolute atomic E-state index is 11.1. The van der Waals surface area contributed by atoms with E-state index < -0.39 is 0 Å². The summed E-state index contributed by atoms with van der Waals surface area (Å²) in [4.78, 5) is 11.1. The molecular formula is C8H12N4O. The van der Waals surface area contributed by atoms with E-state index in [1.54, 1.807) is 12.3 Å². The molecule has 1 aromatic rings. The van der Waals surface area contributed by atoms with Crippen molar-refractivity contribution in [1.82, 2.24) is 9.78 Å². The van der Waals surface area contributed by atoms with Gasteiger partial charge in [0.15, 0.2) is 0 Å². The number of nitrogens with zero attached hydrogens (tertiary/aromatic N) is 2. The van der Waals surface area contributed by atoms with Crippen molar-refractivity contribution in [2.24, 2.45) is 11.7 Å². The topological polar surface area (TPSA) is 86.9 Å². The highest BCUT2D eigenvalue weighted by Crippen LogP contribution is 2.39. The molecule has 0 radical (unpaired) electrons. The summed E-state index contributed by atoms with van der Waals surface area (Å²) in [5.41, 5.74) is 10.9. The van der Waals surface area contributed by atoms with Gasteiger partial charge in [-0.1, -0.05) is 0 Å². The summed E-state index contributed by atoms with van der Waals surface area (Å²) >= 11 is 0. The van der Waals surface area contributed by atoms with Gasteiger partial charge in [-0.2, -0.15) is 5.10 Å². The minimum absolute atomic E-state index is 0.333. The summed E-state index contributed by atoms with van der Waals surface area (Å²) < 4.78 is 1.51. The molecule has 1 amide bonds. The molecule has 1 saturated carbocycles. The maximum Gasteiger partial charge on any atom is 0.242 e. The van der Waals surface area contributed by atoms with Gasteiger partial charge in [0.05, 0.1) is 6.20 Å². The lowest BCUT2D eigenvalue weighted by atomic mass is 10.2. The maximum atomic E-state index is 11.1. The Morgan fingerprint density at radius 3 is 2.77 bits per heavy atom. The molecule has 0 aliphatic heterocycles. The smallest absolute Gasteiger partial charge is 0.242 e. The van der Waals surface area contributed by atoms with Crippen LogP contribution in [-0.4, -0.2) is 15.7 Å². The van der Waals surface area contributed by atoms with Crippen LogP contribution in [0.25, 0.3) is 0 Å². The Labute approximate surface area is 75.7 Å². The van der Waals surface area contributed by atoms with Gasteiger partial charge < -0.3 is 11.5 Å². The molecule has 1 unspecified atom stereocenters. The number of carbonyl (C=O) groups is 1. The van der Waals surface area contributed by atoms with Crippen molar-refractivity contribution in [2.75, 3.05) is 5.73 Å². The fraction of sp³-hybridized carbons (Fsp3) is 0.500. The largest absolute Gasteiger partial charge is 0.384 e. The van der Waals surface area contributed by atoms with Crippen molar-refractivity contribution in [3.63, 3.8) is 0 Å². The molecule has 0 aromatic carbocycles. The molecule has 1 heterocycles. The minimum Gasteiger partial charge on any atom is -0.384 e. The van der Waals surface area contributed by atoms with Crippen molar-refractivity contribution in [1.29, 1.82) is 0 Å². The Morgan fingerprint density at radius 2 is 2.38 bits per heavy atom. The third-order valence-corrected chi connectivity index (χ3v) is 2.32. The van der Waals surface area contributed by atoms with Crippen LogP contribution in [0.4, 0.5) is 5.82 Å². The Morgan fingerprint density at radius 1 is 1.69 bits per heavy atom. The number of rotatable bonds is 3. The number of aromatic nitrogens is 2. The predicted molar refractivity (Wildman–Crippen MR) is 47.6 cm³/mol. The highest BCUT2D eigenvalue weighted by Gasteiger charge is 2.37. The monoisotopic (exact) mass is 180 g/mol. The van der Waals surface area contributed by atoms with E-state index >= 15 is 0 Å². The molecule has 4 N–H and O–H groups in total. The first kappa shape index (κ1) is 8.10. The van der Waals surface area contributed by atoms with Crippen molar-refractivity contribution in [2.45, 2.75) is 18.9 Å². The predicted octanol–water partition coefficient (Wildman–Crippen LogP) is -0.0983. The first-order valence-electron chi connectivity index (χ1n) is 4.28. The number of primary amides is 1. The average molecular weight is 180 g/mol. The van der Waals surface area contributed by atoms with Crippen LogP contribution in [0.2, 0.25) is 0 Å². The van der Waals surface area contributed by atoms with E-state index in [0.717, 1.165) is 12.8 Å². The van der Waals surface area contributed by atoms with E-state index in [2.05, 4.69) is 5.10 Å². The number of amides is 1. The van der Waals surface area contributed by atoms with Gasteiger partial charge in [0.1, 0.15) is 11.9 Å². The Balaban J connectivity index is 2.30. The minimum atomic E-state index is -0.352. The normalized spacial score (nSPS) is 18.5. The van der Waals surface area contributed by atoms with Gasteiger partial charge >= 0.3 is 0 Å². The van der Waals surface area contributed by atoms with Crippen LogP contribution >= 0.6 is 0 Å². The molecular weight excluding hydrogens is 168 g/mol. The van der Waals surface area contributed by atoms with Crippen molar-refractivity contribution in [3.05, 3.63) is 12.3 Å². The zero-order valence-electron chi connectivity index (χ0n) is 7.18. The van der Waals surface area contributed by atoms with Crippen molar-refractivity contribution in [3.8, 4) is 0 Å². The summed E-state index contributed by atoms with van der Waals surface area (Å²) in [5, 5.41) is 3.99. The summed E-state index contributed by atoms with van der Waals surface area (Å²) in [6.07, 6.45) is 3.65. The van der Waals surface area contributed by atoms with E-state index in [0.29, 0.717) is 11.7 Å². The summed E-state index contributed by atoms with van der Waals surface area (Å²) in [5.74, 6) is 0.480. The lowest BCUT2D eigenvalue weighted by Crippen LogP contribution is -2.29. The van der Waals surface area contributed by atoms with E-state index in [1.807, 2.05) is 0 Å². The molecule has 1 atom stereocenters. The number of anilines is 1. The SMILES string of the molecule is NC(=O)C(C1CC1)n1nccc1N. The fourth-order valence-corrected chi connectivity index (χ4v) is 1.52. The number of hydrogen-bond donors (Lipinski definition) is 2. The number of carbonyl (C=O) groups excluding carboxylic acids is 1. The highest BCUT2D eigenvalue weighted by molar-refractivity contribution is 5.79. The molecule has 1 aliphatic carbocycles. The highest BCUT2D eigenvalue weighted by atomic mass is 16.1. The fourth-order valence-electron chi connectivity index (χ4n) is 1.52. The first-order chi connectivity index (χ1) is 6.20. The number of hydrogen-bond acceptors (Lipinski definition) is 3. The molecule has 0 spiro atoms. The average Bonchev–Trinajstić information content (AvgIpc) is 2.78. The lowest BCUT2D eigenvalue weighted by Gasteiger charge is -2.13. The van der Waals surface area contributed by atoms with Crippen molar-refractivity contribution < 1.29 is 4.79 Å². The van der Waals surface area contributed by atoms with Gasteiger partial charge in [0.2, 0.25) is 5.91 Å². The van der Waals surface area contributed by atoms with E-state index in [1.165, 1.54) is 4.68 Å². The van der Waals surface area contributed by atoms with Gasteiger partial charge in [-0.15, -0.1) is 0 Å². The van der Waals surface area contributed by atoms with Crippen LogP contribution in [0.15, 0.2) is 12.3 Å². The zero-order valence-corrected chi connectivity index (χ0v) is 7.18. The summed E-state index contributed by atoms with van der Waals surface area (Å²) in [7, 11) is 0. The Bertz CT molecular complexity index is 329. The van der Waals surface area contributed by atoms with Crippen LogP contribution in [-0.2, 0) is 4.79 Å². The first-order valence-corrected chi connectivity index (χ1v) is 4.28. The van der Waals surface area contributed by atoms with Crippen LogP contribution in [0.3, 0.4) is 0 Å². The Hall–Kier alpha value is -1.52. The quantitative estimate of drug-likeness (QED) is 0.681. The van der Waals surface area contributed by atoms with E-state index in [9.17, 15) is 4.79 Å². The van der Waals surface area contributed by atoms with Crippen LogP contribution in [0.1, 0.15) is 18.9 Å². The van der Waals surface area contributed by atoms with Gasteiger partial charge in [-0.05, 0) is 24.8 Å². The number of nitrogens with two attached hydrogens (primary N) is 2. The van der Waals surface area contributed by atoms with E-state index in [4.69, 9.17) is 11.5 Å². The van der Waals surface area contributed by atoms with Crippen LogP contribution in [0, 0.1) is 5.92 Å². The van der Waals surface area contributed by atoms with Gasteiger partial charge in [0, 0.05) is 0 Å². The van der Waals surface area contributed by atoms with Crippen LogP contribution in [0.5, 0.6) is 0 Å². The molecule has 0 saturated heterocycles. The van der Waals surface area contributed by atoms with Gasteiger partial charge in [-0.3, -0.25) is 4.79 Å². The van der Waals surface area contributed by atoms with Gasteiger partial charge in [0.25, 0.3) is 0 Å². The van der Waals surface area contributed by atoms with Gasteiger partial charge in [-0.25, -0.2) is 4.68 Å². The molecule has 1 fully saturated rings. The third-order valence-electron chi connectivity index (χ3n) is 2.32. The summed E-state index contributed by atoms with van der Waals surface area (Å²) in [6, 6.07) is 1.31. The standard InChI is InChI=1S/C8H12N4O/c9-6-3-4-11-12(6)7(8(10)13)5-1-2-5/h3-5,7H,1-2,9H2,(H2,10,13). The molecule has 0 bridgehead atoms. The second-order valence-electron chi connectivity index (χ2n) is 3.39. The molecule has 2 rings (SSSR count). The number of nitrogen functional groups attached to an aromatic ring is 1. The second kappa shape index (κ2) is 2.76. The summed E-state index contributed by atoms with van der Waals surface area (Å²) in [6.45, 7) is 0. The molecule has 1 aliphatic rings. The molecule has 13 heavy (non-hydrogen) atoms. The van der Waals surface area contributed by atoms with E-state index in [-0.39, 0.29) is 11.9 Å². The van der Waals surface area contributed by atoms with Crippen molar-refractivity contribution >= 4 is 11.7 Å². The molecule has 70 valence electrons. The molecule has 1 aromatic heterocycles. The third kappa shape index (κ3) is 1.37. The lowest BCUT2D eigenvalue weighted by molar-refractivity contribution is -0.121. The Kier molecular flexibility index (Phi) is 1.72. The molecule has 5 nitrogen and oxygen atoms in total.